The van der Waals surface area contributed by atoms with Gasteiger partial charge in [-0.15, -0.1) is 0 Å². The first-order valence-corrected chi connectivity index (χ1v) is 14.0. The van der Waals surface area contributed by atoms with E-state index in [9.17, 15) is 13.2 Å². The van der Waals surface area contributed by atoms with E-state index in [2.05, 4.69) is 43.1 Å². The molecule has 4 rings (SSSR count). The number of hydroxylamine groups is 1. The third-order valence-electron chi connectivity index (χ3n) is 5.91. The average Bonchev–Trinajstić information content (AvgIpc) is 3.67. The zero-order chi connectivity index (χ0) is 26.7. The van der Waals surface area contributed by atoms with Gasteiger partial charge in [0.25, 0.3) is 5.91 Å². The minimum absolute atomic E-state index is 0.197. The van der Waals surface area contributed by atoms with Crippen molar-refractivity contribution >= 4 is 49.9 Å². The predicted molar refractivity (Wildman–Crippen MR) is 143 cm³/mol. The summed E-state index contributed by atoms with van der Waals surface area (Å²) in [6.07, 6.45) is 3.51. The Labute approximate surface area is 227 Å². The highest BCUT2D eigenvalue weighted by Gasteiger charge is 2.30. The number of nitrogens with zero attached hydrogens (tertiary/aromatic N) is 1. The van der Waals surface area contributed by atoms with E-state index in [1.165, 1.54) is 0 Å². The number of aromatic nitrogens is 1. The van der Waals surface area contributed by atoms with Crippen LogP contribution in [0.2, 0.25) is 0 Å². The second kappa shape index (κ2) is 11.4. The van der Waals surface area contributed by atoms with Crippen LogP contribution in [0, 0.1) is 35.0 Å². The second-order valence-corrected chi connectivity index (χ2v) is 11.7. The van der Waals surface area contributed by atoms with Gasteiger partial charge in [0.1, 0.15) is 4.90 Å². The third kappa shape index (κ3) is 6.61. The van der Waals surface area contributed by atoms with Gasteiger partial charge in [-0.1, -0.05) is 6.07 Å². The summed E-state index contributed by atoms with van der Waals surface area (Å²) >= 11 is 2.11. The van der Waals surface area contributed by atoms with E-state index >= 15 is 8.78 Å². The van der Waals surface area contributed by atoms with Crippen molar-refractivity contribution in [2.45, 2.75) is 38.1 Å². The number of sulfonamides is 1. The molecular weight excluding hydrogens is 617 g/mol. The van der Waals surface area contributed by atoms with E-state index in [0.717, 1.165) is 22.5 Å². The zero-order valence-electron chi connectivity index (χ0n) is 20.1. The molecule has 12 heteroatoms. The van der Waals surface area contributed by atoms with Crippen LogP contribution in [0.1, 0.15) is 40.0 Å². The normalized spacial score (nSPS) is 13.4. The number of aryl methyl sites for hydroxylation is 2. The molecule has 0 unspecified atom stereocenters. The van der Waals surface area contributed by atoms with Crippen LogP contribution in [0.5, 0.6) is 0 Å². The summed E-state index contributed by atoms with van der Waals surface area (Å²) in [5.74, 6) is -3.71. The maximum atomic E-state index is 15.4. The summed E-state index contributed by atoms with van der Waals surface area (Å²) in [6.45, 7) is 3.53. The molecular formula is C25H25F2IN4O4S. The monoisotopic (exact) mass is 642 g/mol. The molecule has 0 radical (unpaired) electrons. The van der Waals surface area contributed by atoms with E-state index in [0.29, 0.717) is 28.4 Å². The van der Waals surface area contributed by atoms with E-state index < -0.39 is 43.7 Å². The molecule has 1 fully saturated rings. The highest BCUT2D eigenvalue weighted by Crippen LogP contribution is 2.33. The number of halogens is 3. The van der Waals surface area contributed by atoms with E-state index in [1.807, 2.05) is 6.07 Å². The molecule has 2 aromatic carbocycles. The Balaban J connectivity index is 1.70. The van der Waals surface area contributed by atoms with Crippen LogP contribution >= 0.6 is 22.6 Å². The summed E-state index contributed by atoms with van der Waals surface area (Å²) in [5.41, 5.74) is 3.57. The smallest absolute Gasteiger partial charge is 0.277 e. The lowest BCUT2D eigenvalue weighted by molar-refractivity contribution is 0.0270. The summed E-state index contributed by atoms with van der Waals surface area (Å²) in [4.78, 5) is 21.3. The largest absolute Gasteiger partial charge is 0.352 e. The van der Waals surface area contributed by atoms with Crippen LogP contribution in [0.25, 0.3) is 0 Å². The molecule has 1 heterocycles. The minimum atomic E-state index is -4.55. The van der Waals surface area contributed by atoms with E-state index in [4.69, 9.17) is 4.84 Å². The molecule has 0 saturated heterocycles. The molecule has 1 aromatic heterocycles. The highest BCUT2D eigenvalue weighted by molar-refractivity contribution is 14.1. The standard InChI is InChI=1S/C25H25F2IN4O4S/c1-14-10-18(28)7-8-20(14)31-24-19(25(33)32-36-13-16-5-6-16)11-21(22(26)23(24)27)37(34,35)30-12-17-4-3-9-29-15(17)2/h3-4,7-11,16,30-31H,5-6,12-13H2,1-2H3,(H,32,33). The van der Waals surface area contributed by atoms with Gasteiger partial charge in [-0.3, -0.25) is 14.6 Å². The molecule has 196 valence electrons. The number of nitrogens with one attached hydrogen (secondary N) is 3. The van der Waals surface area contributed by atoms with Gasteiger partial charge in [0.15, 0.2) is 11.6 Å². The number of anilines is 2. The Morgan fingerprint density at radius 1 is 1.16 bits per heavy atom. The Morgan fingerprint density at radius 2 is 1.92 bits per heavy atom. The van der Waals surface area contributed by atoms with Crippen molar-refractivity contribution in [3.05, 3.63) is 80.2 Å². The van der Waals surface area contributed by atoms with E-state index in [-0.39, 0.29) is 13.2 Å². The number of amides is 1. The number of hydrogen-bond acceptors (Lipinski definition) is 6. The lowest BCUT2D eigenvalue weighted by Crippen LogP contribution is -2.29. The molecule has 0 aliphatic heterocycles. The van der Waals surface area contributed by atoms with Crippen LogP contribution in [0.3, 0.4) is 0 Å². The Morgan fingerprint density at radius 3 is 2.59 bits per heavy atom. The second-order valence-electron chi connectivity index (χ2n) is 8.77. The van der Waals surface area contributed by atoms with Crippen molar-refractivity contribution < 1.29 is 26.8 Å². The van der Waals surface area contributed by atoms with Gasteiger partial charge in [0.2, 0.25) is 10.0 Å². The molecule has 0 bridgehead atoms. The Kier molecular flexibility index (Phi) is 8.41. The molecule has 3 N–H and O–H groups in total. The molecule has 8 nitrogen and oxygen atoms in total. The first-order valence-electron chi connectivity index (χ1n) is 11.4. The van der Waals surface area contributed by atoms with Gasteiger partial charge in [-0.05, 0) is 96.7 Å². The summed E-state index contributed by atoms with van der Waals surface area (Å²) in [6, 6.07) is 9.33. The van der Waals surface area contributed by atoms with Crippen LogP contribution in [0.15, 0.2) is 47.5 Å². The molecule has 1 aliphatic rings. The van der Waals surface area contributed by atoms with Gasteiger partial charge < -0.3 is 5.32 Å². The van der Waals surface area contributed by atoms with Crippen molar-refractivity contribution in [1.82, 2.24) is 15.2 Å². The Hall–Kier alpha value is -2.68. The zero-order valence-corrected chi connectivity index (χ0v) is 23.0. The van der Waals surface area contributed by atoms with Crippen molar-refractivity contribution in [3.63, 3.8) is 0 Å². The lowest BCUT2D eigenvalue weighted by atomic mass is 10.1. The fraction of sp³-hybridized carbons (Fsp3) is 0.280. The molecule has 37 heavy (non-hydrogen) atoms. The maximum absolute atomic E-state index is 15.4. The topological polar surface area (TPSA) is 109 Å². The number of carbonyl (C=O) groups excluding carboxylic acids is 1. The Bertz CT molecular complexity index is 1450. The van der Waals surface area contributed by atoms with Crippen LogP contribution in [-0.4, -0.2) is 25.9 Å². The molecule has 1 amide bonds. The summed E-state index contributed by atoms with van der Waals surface area (Å²) in [7, 11) is -4.55. The van der Waals surface area contributed by atoms with E-state index in [1.54, 1.807) is 44.3 Å². The quantitative estimate of drug-likeness (QED) is 0.215. The average molecular weight is 642 g/mol. The van der Waals surface area contributed by atoms with Gasteiger partial charge in [-0.25, -0.2) is 27.4 Å². The van der Waals surface area contributed by atoms with Gasteiger partial charge >= 0.3 is 0 Å². The minimum Gasteiger partial charge on any atom is -0.352 e. The van der Waals surface area contributed by atoms with Gasteiger partial charge in [0, 0.05) is 27.7 Å². The molecule has 0 spiro atoms. The van der Waals surface area contributed by atoms with Crippen LogP contribution in [0.4, 0.5) is 20.2 Å². The molecule has 0 atom stereocenters. The van der Waals surface area contributed by atoms with Gasteiger partial charge in [-0.2, -0.15) is 0 Å². The fourth-order valence-electron chi connectivity index (χ4n) is 3.52. The summed E-state index contributed by atoms with van der Waals surface area (Å²) in [5, 5.41) is 2.76. The molecule has 1 aliphatic carbocycles. The number of rotatable bonds is 10. The molecule has 3 aromatic rings. The summed E-state index contributed by atoms with van der Waals surface area (Å²) < 4.78 is 59.9. The SMILES string of the molecule is Cc1cc(I)ccc1Nc1c(C(=O)NOCC2CC2)cc(S(=O)(=O)NCc2cccnc2C)c(F)c1F. The number of hydrogen-bond donors (Lipinski definition) is 3. The molecule has 1 saturated carbocycles. The van der Waals surface area contributed by atoms with Crippen molar-refractivity contribution in [2.75, 3.05) is 11.9 Å². The van der Waals surface area contributed by atoms with Crippen molar-refractivity contribution in [1.29, 1.82) is 0 Å². The first kappa shape index (κ1) is 27.4. The van der Waals surface area contributed by atoms with Crippen LogP contribution in [-0.2, 0) is 21.4 Å². The van der Waals surface area contributed by atoms with Crippen molar-refractivity contribution in [2.24, 2.45) is 5.92 Å². The van der Waals surface area contributed by atoms with Crippen molar-refractivity contribution in [3.8, 4) is 0 Å². The maximum Gasteiger partial charge on any atom is 0.277 e. The number of pyridine rings is 1. The van der Waals surface area contributed by atoms with Gasteiger partial charge in [0.05, 0.1) is 17.9 Å². The fourth-order valence-corrected chi connectivity index (χ4v) is 5.27. The number of benzene rings is 2. The predicted octanol–water partition coefficient (Wildman–Crippen LogP) is 4.87. The lowest BCUT2D eigenvalue weighted by Gasteiger charge is -2.18. The van der Waals surface area contributed by atoms with Crippen LogP contribution < -0.4 is 15.5 Å². The highest BCUT2D eigenvalue weighted by atomic mass is 127. The first-order chi connectivity index (χ1) is 17.6. The number of carbonyl (C=O) groups is 1. The third-order valence-corrected chi connectivity index (χ3v) is 7.98.